The fourth-order valence-electron chi connectivity index (χ4n) is 11.6. The molecular formula is C41H58ClN3O6. The maximum atomic E-state index is 12.7. The number of aromatic nitrogens is 1. The Morgan fingerprint density at radius 1 is 0.922 bits per heavy atom. The molecule has 4 aliphatic rings. The van der Waals surface area contributed by atoms with Gasteiger partial charge in [-0.25, -0.2) is 0 Å². The zero-order chi connectivity index (χ0) is 36.5. The predicted octanol–water partition coefficient (Wildman–Crippen LogP) is 7.98. The third-order valence-electron chi connectivity index (χ3n) is 13.7. The van der Waals surface area contributed by atoms with Gasteiger partial charge in [0.25, 0.3) is 0 Å². The minimum Gasteiger partial charge on any atom is -0.463 e. The number of carbonyl (C=O) groups is 3. The van der Waals surface area contributed by atoms with Gasteiger partial charge in [-0.15, -0.1) is 0 Å². The maximum absolute atomic E-state index is 12.7. The Balaban J connectivity index is 1.10. The number of halogens is 1. The Hall–Kier alpha value is -2.91. The number of pyridine rings is 1. The molecule has 2 aromatic rings. The summed E-state index contributed by atoms with van der Waals surface area (Å²) in [5.41, 5.74) is 1.74. The molecule has 9 nitrogen and oxygen atoms in total. The van der Waals surface area contributed by atoms with E-state index in [-0.39, 0.29) is 64.8 Å². The van der Waals surface area contributed by atoms with Gasteiger partial charge in [-0.3, -0.25) is 19.4 Å². The van der Waals surface area contributed by atoms with Crippen molar-refractivity contribution in [2.75, 3.05) is 25.0 Å². The number of anilines is 1. The molecule has 0 radical (unpaired) electrons. The fraction of sp³-hybridized carbons (Fsp3) is 0.707. The van der Waals surface area contributed by atoms with E-state index in [1.54, 1.807) is 6.92 Å². The van der Waals surface area contributed by atoms with Crippen molar-refractivity contribution in [2.24, 2.45) is 46.3 Å². The monoisotopic (exact) mass is 723 g/mol. The number of hydrogen-bond acceptors (Lipinski definition) is 9. The van der Waals surface area contributed by atoms with Crippen LogP contribution in [0.3, 0.4) is 0 Å². The van der Waals surface area contributed by atoms with Gasteiger partial charge >= 0.3 is 17.9 Å². The first kappa shape index (κ1) is 37.8. The van der Waals surface area contributed by atoms with E-state index >= 15 is 0 Å². The molecule has 4 saturated carbocycles. The lowest BCUT2D eigenvalue weighted by Crippen LogP contribution is -2.63. The Morgan fingerprint density at radius 2 is 1.69 bits per heavy atom. The molecule has 0 bridgehead atoms. The highest BCUT2D eigenvalue weighted by atomic mass is 35.5. The zero-order valence-corrected chi connectivity index (χ0v) is 32.1. The second kappa shape index (κ2) is 15.6. The number of hydrogen-bond donors (Lipinski definition) is 2. The fourth-order valence-corrected chi connectivity index (χ4v) is 11.7. The highest BCUT2D eigenvalue weighted by molar-refractivity contribution is 6.31. The number of fused-ring (bicyclic) bond motifs is 6. The van der Waals surface area contributed by atoms with Crippen LogP contribution in [0, 0.1) is 46.3 Å². The van der Waals surface area contributed by atoms with Crippen LogP contribution in [0.5, 0.6) is 0 Å². The number of nitrogens with zero attached hydrogens (tertiary/aromatic N) is 1. The van der Waals surface area contributed by atoms with Crippen LogP contribution in [-0.2, 0) is 28.6 Å². The van der Waals surface area contributed by atoms with Crippen LogP contribution >= 0.6 is 11.6 Å². The Bertz CT molecular complexity index is 1590. The smallest absolute Gasteiger partial charge is 0.302 e. The second-order valence-corrected chi connectivity index (χ2v) is 17.0. The van der Waals surface area contributed by atoms with E-state index < -0.39 is 0 Å². The molecular weight excluding hydrogens is 666 g/mol. The van der Waals surface area contributed by atoms with E-state index in [1.165, 1.54) is 13.8 Å². The number of nitrogens with one attached hydrogen (secondary N) is 2. The summed E-state index contributed by atoms with van der Waals surface area (Å²) in [7, 11) is 0. The average Bonchev–Trinajstić information content (AvgIpc) is 3.42. The highest BCUT2D eigenvalue weighted by Gasteiger charge is 2.67. The number of rotatable bonds is 12. The number of ether oxygens (including phenoxy) is 3. The number of esters is 3. The van der Waals surface area contributed by atoms with Gasteiger partial charge < -0.3 is 24.8 Å². The van der Waals surface area contributed by atoms with Crippen molar-refractivity contribution in [2.45, 2.75) is 118 Å². The summed E-state index contributed by atoms with van der Waals surface area (Å²) in [4.78, 5) is 41.5. The molecule has 11 atom stereocenters. The molecule has 4 aliphatic carbocycles. The van der Waals surface area contributed by atoms with Crippen LogP contribution in [0.4, 0.5) is 5.69 Å². The van der Waals surface area contributed by atoms with Gasteiger partial charge in [0.2, 0.25) is 0 Å². The van der Waals surface area contributed by atoms with E-state index in [9.17, 15) is 14.4 Å². The molecule has 1 heterocycles. The molecule has 0 unspecified atom stereocenters. The van der Waals surface area contributed by atoms with Gasteiger partial charge in [0.15, 0.2) is 0 Å². The topological polar surface area (TPSA) is 116 Å². The third-order valence-corrected chi connectivity index (χ3v) is 14.0. The lowest BCUT2D eigenvalue weighted by Gasteiger charge is -2.64. The summed E-state index contributed by atoms with van der Waals surface area (Å²) < 4.78 is 18.3. The van der Waals surface area contributed by atoms with Crippen LogP contribution in [0.15, 0.2) is 30.5 Å². The lowest BCUT2D eigenvalue weighted by molar-refractivity contribution is -0.224. The molecule has 0 aliphatic heterocycles. The van der Waals surface area contributed by atoms with Gasteiger partial charge in [-0.1, -0.05) is 32.4 Å². The van der Waals surface area contributed by atoms with Gasteiger partial charge in [-0.05, 0) is 124 Å². The van der Waals surface area contributed by atoms with E-state index in [0.717, 1.165) is 94.0 Å². The average molecular weight is 724 g/mol. The van der Waals surface area contributed by atoms with E-state index in [0.29, 0.717) is 22.8 Å². The van der Waals surface area contributed by atoms with Crippen molar-refractivity contribution in [3.63, 3.8) is 0 Å². The molecule has 1 aromatic carbocycles. The summed E-state index contributed by atoms with van der Waals surface area (Å²) >= 11 is 6.15. The summed E-state index contributed by atoms with van der Waals surface area (Å²) in [6.07, 6.45) is 9.82. The van der Waals surface area contributed by atoms with E-state index in [2.05, 4.69) is 36.4 Å². The first-order valence-corrected chi connectivity index (χ1v) is 19.7. The van der Waals surface area contributed by atoms with Gasteiger partial charge in [0, 0.05) is 67.5 Å². The molecule has 0 spiro atoms. The van der Waals surface area contributed by atoms with Crippen LogP contribution in [0.2, 0.25) is 5.02 Å². The van der Waals surface area contributed by atoms with Gasteiger partial charge in [-0.2, -0.15) is 0 Å². The predicted molar refractivity (Wildman–Crippen MR) is 199 cm³/mol. The van der Waals surface area contributed by atoms with Crippen molar-refractivity contribution in [1.29, 1.82) is 0 Å². The lowest BCUT2D eigenvalue weighted by atomic mass is 9.43. The molecule has 1 aromatic heterocycles. The molecule has 2 N–H and O–H groups in total. The number of carbonyl (C=O) groups excluding carboxylic acids is 3. The minimum atomic E-state index is -0.239. The van der Waals surface area contributed by atoms with Crippen molar-refractivity contribution >= 4 is 46.1 Å². The standard InChI is InChI=1S/C41H58ClN3O6/c1-24(8-7-16-43-18-19-45-35-14-17-44-36-22-29(42)9-10-31(35)36)32-11-12-33-39-34(23-38(41(32,33)6)51-27(4)48)40(5)15-13-30(49-25(2)46)20-28(40)21-37(39)50-26(3)47/h9-10,14,17,22,24,28,30,32-34,37-39,43H,7-8,11-13,15-16,18-21,23H2,1-6H3,(H,44,45)/t24-,28+,30-,32-,33+,34+,37-,38+,39+,40+,41-/m1/s1. The summed E-state index contributed by atoms with van der Waals surface area (Å²) in [6, 6.07) is 7.79. The second-order valence-electron chi connectivity index (χ2n) is 16.6. The van der Waals surface area contributed by atoms with Crippen LogP contribution in [0.25, 0.3) is 10.9 Å². The molecule has 0 saturated heterocycles. The Labute approximate surface area is 308 Å². The normalized spacial score (nSPS) is 34.8. The highest BCUT2D eigenvalue weighted by Crippen LogP contribution is 2.69. The Morgan fingerprint density at radius 3 is 2.43 bits per heavy atom. The van der Waals surface area contributed by atoms with Crippen molar-refractivity contribution in [3.8, 4) is 0 Å². The first-order valence-electron chi connectivity index (χ1n) is 19.3. The number of benzene rings is 1. The molecule has 10 heteroatoms. The zero-order valence-electron chi connectivity index (χ0n) is 31.3. The molecule has 0 amide bonds. The quantitative estimate of drug-likeness (QED) is 0.128. The largest absolute Gasteiger partial charge is 0.463 e. The summed E-state index contributed by atoms with van der Waals surface area (Å²) in [5, 5.41) is 8.90. The molecule has 6 rings (SSSR count). The third kappa shape index (κ3) is 7.76. The first-order chi connectivity index (χ1) is 24.3. The van der Waals surface area contributed by atoms with Crippen molar-refractivity contribution in [1.82, 2.24) is 10.3 Å². The van der Waals surface area contributed by atoms with Crippen molar-refractivity contribution in [3.05, 3.63) is 35.5 Å². The van der Waals surface area contributed by atoms with Crippen LogP contribution in [-0.4, -0.2) is 60.8 Å². The van der Waals surface area contributed by atoms with Gasteiger partial charge in [0.1, 0.15) is 18.3 Å². The molecule has 51 heavy (non-hydrogen) atoms. The SMILES string of the molecule is CC(=O)O[C@@H]1CC[C@@]2(C)[C@@H](C1)C[C@@H](OC(C)=O)[C@@H]1[C@@H]2C[C@H](OC(C)=O)[C@]2(C)[C@@H]([C@H](C)CCCNCCNc3ccnc4cc(Cl)ccc34)CC[C@@H]12. The van der Waals surface area contributed by atoms with Crippen LogP contribution in [0.1, 0.15) is 99.3 Å². The molecule has 280 valence electrons. The summed E-state index contributed by atoms with van der Waals surface area (Å²) in [5.74, 6) is 1.23. The van der Waals surface area contributed by atoms with E-state index in [1.807, 2.05) is 30.5 Å². The van der Waals surface area contributed by atoms with Crippen molar-refractivity contribution < 1.29 is 28.6 Å². The van der Waals surface area contributed by atoms with E-state index in [4.69, 9.17) is 25.8 Å². The molecule has 4 fully saturated rings. The van der Waals surface area contributed by atoms with Gasteiger partial charge in [0.05, 0.1) is 5.52 Å². The minimum absolute atomic E-state index is 0.000141. The summed E-state index contributed by atoms with van der Waals surface area (Å²) in [6.45, 7) is 14.3. The van der Waals surface area contributed by atoms with Crippen LogP contribution < -0.4 is 10.6 Å². The Kier molecular flexibility index (Phi) is 11.6. The maximum Gasteiger partial charge on any atom is 0.302 e.